The monoisotopic (exact) mass is 985 g/mol. The number of hydrogen-bond donors (Lipinski definition) is 0. The summed E-state index contributed by atoms with van der Waals surface area (Å²) in [5.41, 5.74) is 0. The molecule has 6 heteroatoms. The molecule has 412 valence electrons. The molecule has 0 fully saturated rings. The van der Waals surface area contributed by atoms with Crippen molar-refractivity contribution in [1.29, 1.82) is 0 Å². The van der Waals surface area contributed by atoms with Gasteiger partial charge in [0.25, 0.3) is 0 Å². The van der Waals surface area contributed by atoms with Crippen LogP contribution in [0.5, 0.6) is 0 Å². The number of esters is 3. The van der Waals surface area contributed by atoms with Crippen LogP contribution < -0.4 is 0 Å². The van der Waals surface area contributed by atoms with Crippen LogP contribution in [0, 0.1) is 0 Å². The van der Waals surface area contributed by atoms with Crippen LogP contribution in [-0.4, -0.2) is 37.2 Å². The summed E-state index contributed by atoms with van der Waals surface area (Å²) in [6.07, 6.45) is 70.6. The molecule has 1 atom stereocenters. The van der Waals surface area contributed by atoms with Gasteiger partial charge >= 0.3 is 17.9 Å². The fraction of sp³-hybridized carbons (Fsp3) is 0.891. The van der Waals surface area contributed by atoms with E-state index in [1.807, 2.05) is 0 Å². The highest BCUT2D eigenvalue weighted by Gasteiger charge is 2.19. The maximum Gasteiger partial charge on any atom is 0.306 e. The van der Waals surface area contributed by atoms with Gasteiger partial charge in [-0.2, -0.15) is 0 Å². The van der Waals surface area contributed by atoms with Crippen LogP contribution >= 0.6 is 0 Å². The first kappa shape index (κ1) is 67.9. The molecular formula is C64H120O6. The van der Waals surface area contributed by atoms with E-state index in [2.05, 4.69) is 45.1 Å². The largest absolute Gasteiger partial charge is 0.462 e. The molecule has 0 heterocycles. The van der Waals surface area contributed by atoms with Crippen LogP contribution in [0.25, 0.3) is 0 Å². The summed E-state index contributed by atoms with van der Waals surface area (Å²) in [5, 5.41) is 0. The van der Waals surface area contributed by atoms with Crippen molar-refractivity contribution in [2.75, 3.05) is 13.2 Å². The van der Waals surface area contributed by atoms with E-state index in [4.69, 9.17) is 14.2 Å². The SMILES string of the molecule is CCCCCCCC/C=C\CCCCCCCCCCCC(=O)OC(COC(=O)CCCCCCCCCC)COC(=O)CCCCCCCCCCCCCCC/C=C\CCCCCCCCCC. The maximum atomic E-state index is 12.8. The van der Waals surface area contributed by atoms with E-state index in [0.717, 1.165) is 57.8 Å². The van der Waals surface area contributed by atoms with Crippen LogP contribution in [-0.2, 0) is 28.6 Å². The normalized spacial score (nSPS) is 12.1. The van der Waals surface area contributed by atoms with Crippen LogP contribution in [0.3, 0.4) is 0 Å². The number of unbranched alkanes of at least 4 members (excludes halogenated alkanes) is 43. The van der Waals surface area contributed by atoms with E-state index < -0.39 is 6.10 Å². The number of rotatable bonds is 58. The summed E-state index contributed by atoms with van der Waals surface area (Å²) < 4.78 is 16.9. The third kappa shape index (κ3) is 56.8. The van der Waals surface area contributed by atoms with Crippen LogP contribution in [0.2, 0.25) is 0 Å². The Bertz CT molecular complexity index is 1130. The molecule has 70 heavy (non-hydrogen) atoms. The molecular weight excluding hydrogens is 865 g/mol. The van der Waals surface area contributed by atoms with Crippen LogP contribution in [0.1, 0.15) is 348 Å². The van der Waals surface area contributed by atoms with Crippen molar-refractivity contribution in [3.8, 4) is 0 Å². The summed E-state index contributed by atoms with van der Waals surface area (Å²) >= 11 is 0. The Hall–Kier alpha value is -2.11. The van der Waals surface area contributed by atoms with E-state index in [1.54, 1.807) is 0 Å². The third-order valence-electron chi connectivity index (χ3n) is 14.2. The zero-order valence-electron chi connectivity index (χ0n) is 47.3. The zero-order chi connectivity index (χ0) is 50.7. The fourth-order valence-electron chi connectivity index (χ4n) is 9.44. The highest BCUT2D eigenvalue weighted by Crippen LogP contribution is 2.17. The number of carbonyl (C=O) groups excluding carboxylic acids is 3. The van der Waals surface area contributed by atoms with Gasteiger partial charge in [-0.1, -0.05) is 283 Å². The molecule has 0 bridgehead atoms. The molecule has 6 nitrogen and oxygen atoms in total. The predicted molar refractivity (Wildman–Crippen MR) is 303 cm³/mol. The van der Waals surface area contributed by atoms with Gasteiger partial charge in [0.1, 0.15) is 13.2 Å². The smallest absolute Gasteiger partial charge is 0.306 e. The Labute approximate surface area is 436 Å². The Morgan fingerprint density at radius 3 is 0.714 bits per heavy atom. The number of allylic oxidation sites excluding steroid dienone is 4. The highest BCUT2D eigenvalue weighted by molar-refractivity contribution is 5.71. The second-order valence-electron chi connectivity index (χ2n) is 21.3. The van der Waals surface area contributed by atoms with Crippen molar-refractivity contribution in [2.24, 2.45) is 0 Å². The lowest BCUT2D eigenvalue weighted by atomic mass is 10.0. The summed E-state index contributed by atoms with van der Waals surface area (Å²) in [4.78, 5) is 38.1. The Morgan fingerprint density at radius 2 is 0.471 bits per heavy atom. The quantitative estimate of drug-likeness (QED) is 0.0261. The van der Waals surface area contributed by atoms with Crippen LogP contribution in [0.15, 0.2) is 24.3 Å². The summed E-state index contributed by atoms with van der Waals surface area (Å²) in [6.45, 7) is 6.66. The topological polar surface area (TPSA) is 78.9 Å². The molecule has 0 amide bonds. The van der Waals surface area contributed by atoms with Gasteiger partial charge in [0.2, 0.25) is 0 Å². The highest BCUT2D eigenvalue weighted by atomic mass is 16.6. The number of ether oxygens (including phenoxy) is 3. The summed E-state index contributed by atoms with van der Waals surface area (Å²) in [7, 11) is 0. The summed E-state index contributed by atoms with van der Waals surface area (Å²) in [5.74, 6) is -0.853. The van der Waals surface area contributed by atoms with Crippen molar-refractivity contribution in [3.63, 3.8) is 0 Å². The van der Waals surface area contributed by atoms with E-state index in [0.29, 0.717) is 19.3 Å². The molecule has 0 aromatic carbocycles. The molecule has 0 aliphatic heterocycles. The lowest BCUT2D eigenvalue weighted by Crippen LogP contribution is -2.30. The van der Waals surface area contributed by atoms with Crippen LogP contribution in [0.4, 0.5) is 0 Å². The van der Waals surface area contributed by atoms with E-state index in [-0.39, 0.29) is 31.1 Å². The van der Waals surface area contributed by atoms with E-state index >= 15 is 0 Å². The van der Waals surface area contributed by atoms with E-state index in [1.165, 1.54) is 250 Å². The lowest BCUT2D eigenvalue weighted by Gasteiger charge is -2.18. The average molecular weight is 986 g/mol. The molecule has 0 aliphatic carbocycles. The molecule has 0 N–H and O–H groups in total. The van der Waals surface area contributed by atoms with Crippen molar-refractivity contribution in [2.45, 2.75) is 354 Å². The Kier molecular flexibility index (Phi) is 57.7. The van der Waals surface area contributed by atoms with Gasteiger partial charge in [-0.15, -0.1) is 0 Å². The predicted octanol–water partition coefficient (Wildman–Crippen LogP) is 21.1. The Balaban J connectivity index is 4.12. The minimum Gasteiger partial charge on any atom is -0.462 e. The molecule has 0 aliphatic rings. The Morgan fingerprint density at radius 1 is 0.271 bits per heavy atom. The minimum atomic E-state index is -0.767. The molecule has 0 spiro atoms. The van der Waals surface area contributed by atoms with Gasteiger partial charge in [-0.05, 0) is 70.6 Å². The third-order valence-corrected chi connectivity index (χ3v) is 14.2. The molecule has 0 aromatic heterocycles. The van der Waals surface area contributed by atoms with Gasteiger partial charge in [-0.3, -0.25) is 14.4 Å². The van der Waals surface area contributed by atoms with Gasteiger partial charge < -0.3 is 14.2 Å². The van der Waals surface area contributed by atoms with Crippen molar-refractivity contribution >= 4 is 17.9 Å². The molecule has 0 radical (unpaired) electrons. The minimum absolute atomic E-state index is 0.0676. The molecule has 0 saturated heterocycles. The first-order valence-electron chi connectivity index (χ1n) is 31.3. The van der Waals surface area contributed by atoms with Crippen molar-refractivity contribution < 1.29 is 28.6 Å². The lowest BCUT2D eigenvalue weighted by molar-refractivity contribution is -0.167. The molecule has 1 unspecified atom stereocenters. The summed E-state index contributed by atoms with van der Waals surface area (Å²) in [6, 6.07) is 0. The average Bonchev–Trinajstić information content (AvgIpc) is 3.36. The van der Waals surface area contributed by atoms with Gasteiger partial charge in [-0.25, -0.2) is 0 Å². The second kappa shape index (κ2) is 59.5. The number of hydrogen-bond acceptors (Lipinski definition) is 6. The van der Waals surface area contributed by atoms with Gasteiger partial charge in [0.05, 0.1) is 0 Å². The zero-order valence-corrected chi connectivity index (χ0v) is 47.3. The standard InChI is InChI=1S/C64H120O6/c1-4-7-10-13-16-19-21-23-25-27-29-30-31-32-33-34-36-37-39-41-43-45-48-51-54-57-63(66)69-60-61(59-68-62(65)56-53-50-47-18-15-12-9-6-3)70-64(67)58-55-52-49-46-44-42-40-38-35-28-26-24-22-20-17-14-11-8-5-2/h24,26-27,29,61H,4-23,25,28,30-60H2,1-3H3/b26-24-,29-27-. The fourth-order valence-corrected chi connectivity index (χ4v) is 9.44. The maximum absolute atomic E-state index is 12.8. The first-order valence-corrected chi connectivity index (χ1v) is 31.3. The van der Waals surface area contributed by atoms with E-state index in [9.17, 15) is 14.4 Å². The molecule has 0 aromatic rings. The van der Waals surface area contributed by atoms with Gasteiger partial charge in [0.15, 0.2) is 6.10 Å². The molecule has 0 rings (SSSR count). The first-order chi connectivity index (χ1) is 34.5. The van der Waals surface area contributed by atoms with Crippen molar-refractivity contribution in [1.82, 2.24) is 0 Å². The van der Waals surface area contributed by atoms with Crippen molar-refractivity contribution in [3.05, 3.63) is 24.3 Å². The number of carbonyl (C=O) groups is 3. The van der Waals surface area contributed by atoms with Gasteiger partial charge in [0, 0.05) is 19.3 Å². The second-order valence-corrected chi connectivity index (χ2v) is 21.3. The molecule has 0 saturated carbocycles.